The lowest BCUT2D eigenvalue weighted by Gasteiger charge is -2.35. The van der Waals surface area contributed by atoms with E-state index in [2.05, 4.69) is 18.7 Å². The number of piperidine rings is 1. The third-order valence-electron chi connectivity index (χ3n) is 4.26. The molecular weight excluding hydrogens is 240 g/mol. The lowest BCUT2D eigenvalue weighted by Crippen LogP contribution is -2.49. The van der Waals surface area contributed by atoms with Gasteiger partial charge in [0.15, 0.2) is 0 Å². The van der Waals surface area contributed by atoms with Crippen LogP contribution in [0.4, 0.5) is 0 Å². The minimum atomic E-state index is -0.856. The third kappa shape index (κ3) is 5.11. The molecular formula is C15H30N2O2. The normalized spacial score (nSPS) is 21.4. The molecule has 0 aliphatic carbocycles. The van der Waals surface area contributed by atoms with Gasteiger partial charge in [-0.3, -0.25) is 4.79 Å². The summed E-state index contributed by atoms with van der Waals surface area (Å²) >= 11 is 0. The number of likely N-dealkylation sites (tertiary alicyclic amines) is 1. The fourth-order valence-corrected chi connectivity index (χ4v) is 2.63. The second-order valence-corrected chi connectivity index (χ2v) is 6.31. The molecule has 1 aliphatic heterocycles. The highest BCUT2D eigenvalue weighted by Crippen LogP contribution is 2.24. The van der Waals surface area contributed by atoms with E-state index in [4.69, 9.17) is 10.5 Å². The van der Waals surface area contributed by atoms with Crippen molar-refractivity contribution in [2.75, 3.05) is 26.2 Å². The molecule has 0 bridgehead atoms. The van der Waals surface area contributed by atoms with Crippen LogP contribution in [0.3, 0.4) is 0 Å². The summed E-state index contributed by atoms with van der Waals surface area (Å²) in [7, 11) is 0. The van der Waals surface area contributed by atoms with E-state index in [1.807, 2.05) is 6.92 Å². The van der Waals surface area contributed by atoms with Gasteiger partial charge in [-0.2, -0.15) is 0 Å². The van der Waals surface area contributed by atoms with Gasteiger partial charge < -0.3 is 15.4 Å². The lowest BCUT2D eigenvalue weighted by atomic mass is 9.86. The first-order valence-electron chi connectivity index (χ1n) is 7.55. The van der Waals surface area contributed by atoms with Crippen molar-refractivity contribution in [1.82, 2.24) is 4.90 Å². The van der Waals surface area contributed by atoms with Crippen molar-refractivity contribution in [1.29, 1.82) is 0 Å². The summed E-state index contributed by atoms with van der Waals surface area (Å²) < 4.78 is 5.01. The van der Waals surface area contributed by atoms with Crippen LogP contribution in [-0.4, -0.2) is 42.6 Å². The monoisotopic (exact) mass is 270 g/mol. The van der Waals surface area contributed by atoms with E-state index in [9.17, 15) is 4.79 Å². The van der Waals surface area contributed by atoms with Gasteiger partial charge in [-0.25, -0.2) is 0 Å². The molecule has 0 amide bonds. The molecule has 2 N–H and O–H groups in total. The minimum absolute atomic E-state index is 0.285. The predicted molar refractivity (Wildman–Crippen MR) is 77.8 cm³/mol. The van der Waals surface area contributed by atoms with Crippen LogP contribution in [0.2, 0.25) is 0 Å². The van der Waals surface area contributed by atoms with Crippen molar-refractivity contribution in [3.05, 3.63) is 0 Å². The Labute approximate surface area is 117 Å². The minimum Gasteiger partial charge on any atom is -0.465 e. The second kappa shape index (κ2) is 7.25. The van der Waals surface area contributed by atoms with Gasteiger partial charge in [-0.15, -0.1) is 0 Å². The molecule has 1 fully saturated rings. The van der Waals surface area contributed by atoms with Gasteiger partial charge in [0, 0.05) is 6.54 Å². The molecule has 0 aromatic carbocycles. The zero-order valence-corrected chi connectivity index (χ0v) is 12.9. The fraction of sp³-hybridized carbons (Fsp3) is 0.933. The molecule has 112 valence electrons. The first-order chi connectivity index (χ1) is 8.86. The Morgan fingerprint density at radius 3 is 2.47 bits per heavy atom. The van der Waals surface area contributed by atoms with E-state index in [-0.39, 0.29) is 5.97 Å². The molecule has 1 atom stereocenters. The summed E-state index contributed by atoms with van der Waals surface area (Å²) in [6.45, 7) is 11.7. The average molecular weight is 270 g/mol. The largest absolute Gasteiger partial charge is 0.465 e. The summed E-state index contributed by atoms with van der Waals surface area (Å²) in [4.78, 5) is 14.1. The van der Waals surface area contributed by atoms with Gasteiger partial charge in [0.1, 0.15) is 5.54 Å². The Morgan fingerprint density at radius 2 is 2.00 bits per heavy atom. The quantitative estimate of drug-likeness (QED) is 0.750. The first kappa shape index (κ1) is 16.4. The van der Waals surface area contributed by atoms with Gasteiger partial charge in [0.05, 0.1) is 6.61 Å². The zero-order chi connectivity index (χ0) is 14.5. The van der Waals surface area contributed by atoms with Crippen molar-refractivity contribution >= 4 is 5.97 Å². The number of nitrogens with zero attached hydrogens (tertiary/aromatic N) is 1. The molecule has 1 saturated heterocycles. The molecule has 1 rings (SSSR count). The summed E-state index contributed by atoms with van der Waals surface area (Å²) in [5.74, 6) is 1.35. The number of hydrogen-bond acceptors (Lipinski definition) is 4. The van der Waals surface area contributed by atoms with Crippen LogP contribution in [0.1, 0.15) is 47.0 Å². The molecule has 0 aromatic heterocycles. The number of rotatable bonds is 6. The maximum Gasteiger partial charge on any atom is 0.325 e. The van der Waals surface area contributed by atoms with E-state index >= 15 is 0 Å². The molecule has 0 spiro atoms. The van der Waals surface area contributed by atoms with Crippen molar-refractivity contribution < 1.29 is 9.53 Å². The van der Waals surface area contributed by atoms with Gasteiger partial charge >= 0.3 is 5.97 Å². The van der Waals surface area contributed by atoms with Crippen molar-refractivity contribution in [2.45, 2.75) is 52.5 Å². The van der Waals surface area contributed by atoms with E-state index in [1.54, 1.807) is 6.92 Å². The lowest BCUT2D eigenvalue weighted by molar-refractivity contribution is -0.149. The number of hydrogen-bond donors (Lipinski definition) is 1. The highest BCUT2D eigenvalue weighted by atomic mass is 16.5. The Kier molecular flexibility index (Phi) is 6.27. The van der Waals surface area contributed by atoms with Crippen LogP contribution in [0.15, 0.2) is 0 Å². The second-order valence-electron chi connectivity index (χ2n) is 6.31. The van der Waals surface area contributed by atoms with E-state index in [0.29, 0.717) is 13.0 Å². The van der Waals surface area contributed by atoms with Crippen molar-refractivity contribution in [3.63, 3.8) is 0 Å². The molecule has 1 aliphatic rings. The number of carbonyl (C=O) groups excluding carboxylic acids is 1. The average Bonchev–Trinajstić information content (AvgIpc) is 2.37. The molecule has 19 heavy (non-hydrogen) atoms. The van der Waals surface area contributed by atoms with Crippen molar-refractivity contribution in [2.24, 2.45) is 17.6 Å². The predicted octanol–water partition coefficient (Wildman–Crippen LogP) is 2.02. The fourth-order valence-electron chi connectivity index (χ4n) is 2.63. The molecule has 1 heterocycles. The summed E-state index contributed by atoms with van der Waals surface area (Å²) in [6, 6.07) is 0. The van der Waals surface area contributed by atoms with Crippen LogP contribution in [0, 0.1) is 11.8 Å². The standard InChI is InChI=1S/C15H30N2O2/c1-5-19-14(18)15(4,16)8-11-17-9-6-13(7-10-17)12(2)3/h12-13H,5-11,16H2,1-4H3. The maximum absolute atomic E-state index is 11.7. The topological polar surface area (TPSA) is 55.6 Å². The Bertz CT molecular complexity index is 282. The Balaban J connectivity index is 2.32. The molecule has 4 nitrogen and oxygen atoms in total. The summed E-state index contributed by atoms with van der Waals surface area (Å²) in [5, 5.41) is 0. The SMILES string of the molecule is CCOC(=O)C(C)(N)CCN1CCC(C(C)C)CC1. The van der Waals surface area contributed by atoms with Gasteiger partial charge in [0.25, 0.3) is 0 Å². The van der Waals surface area contributed by atoms with Crippen LogP contribution in [-0.2, 0) is 9.53 Å². The van der Waals surface area contributed by atoms with E-state index in [0.717, 1.165) is 31.5 Å². The number of esters is 1. The summed E-state index contributed by atoms with van der Waals surface area (Å²) in [6.07, 6.45) is 3.19. The number of carbonyl (C=O) groups is 1. The van der Waals surface area contributed by atoms with Crippen LogP contribution >= 0.6 is 0 Å². The van der Waals surface area contributed by atoms with Crippen LogP contribution in [0.25, 0.3) is 0 Å². The van der Waals surface area contributed by atoms with Crippen LogP contribution < -0.4 is 5.73 Å². The van der Waals surface area contributed by atoms with Crippen LogP contribution in [0.5, 0.6) is 0 Å². The molecule has 0 saturated carbocycles. The molecule has 0 radical (unpaired) electrons. The Hall–Kier alpha value is -0.610. The Morgan fingerprint density at radius 1 is 1.42 bits per heavy atom. The van der Waals surface area contributed by atoms with Gasteiger partial charge in [-0.1, -0.05) is 13.8 Å². The van der Waals surface area contributed by atoms with Gasteiger partial charge in [-0.05, 0) is 58.0 Å². The molecule has 4 heteroatoms. The molecule has 1 unspecified atom stereocenters. The highest BCUT2D eigenvalue weighted by Gasteiger charge is 2.31. The molecule has 0 aromatic rings. The number of ether oxygens (including phenoxy) is 1. The smallest absolute Gasteiger partial charge is 0.325 e. The summed E-state index contributed by atoms with van der Waals surface area (Å²) in [5.41, 5.74) is 5.18. The highest BCUT2D eigenvalue weighted by molar-refractivity contribution is 5.79. The maximum atomic E-state index is 11.7. The van der Waals surface area contributed by atoms with Gasteiger partial charge in [0.2, 0.25) is 0 Å². The van der Waals surface area contributed by atoms with Crippen molar-refractivity contribution in [3.8, 4) is 0 Å². The van der Waals surface area contributed by atoms with E-state index in [1.165, 1.54) is 12.8 Å². The van der Waals surface area contributed by atoms with E-state index < -0.39 is 5.54 Å². The zero-order valence-electron chi connectivity index (χ0n) is 12.9. The third-order valence-corrected chi connectivity index (χ3v) is 4.26. The number of nitrogens with two attached hydrogens (primary N) is 1. The first-order valence-corrected chi connectivity index (χ1v) is 7.55.